The van der Waals surface area contributed by atoms with Crippen molar-refractivity contribution >= 4 is 81.3 Å². The zero-order valence-corrected chi connectivity index (χ0v) is 30.6. The van der Waals surface area contributed by atoms with Crippen LogP contribution in [0.25, 0.3) is 86.3 Å². The Morgan fingerprint density at radius 3 is 1.75 bits per heavy atom. The molecule has 11 rings (SSSR count). The molecule has 0 saturated heterocycles. The lowest BCUT2D eigenvalue weighted by Gasteiger charge is -2.28. The van der Waals surface area contributed by atoms with Crippen LogP contribution in [0, 0.1) is 0 Å². The van der Waals surface area contributed by atoms with Crippen LogP contribution in [0.5, 0.6) is 0 Å². The summed E-state index contributed by atoms with van der Waals surface area (Å²) >= 11 is 1.85. The summed E-state index contributed by atoms with van der Waals surface area (Å²) < 4.78 is 9.44. The Bertz CT molecular complexity index is 3190. The Morgan fingerprint density at radius 1 is 0.364 bits per heavy atom. The van der Waals surface area contributed by atoms with Gasteiger partial charge in [0.15, 0.2) is 0 Å². The van der Waals surface area contributed by atoms with E-state index in [1.165, 1.54) is 53.2 Å². The quantitative estimate of drug-likeness (QED) is 0.170. The number of hydrogen-bond acceptors (Lipinski definition) is 3. The number of thiophene rings is 1. The molecule has 0 aliphatic rings. The molecule has 2 aromatic heterocycles. The summed E-state index contributed by atoms with van der Waals surface area (Å²) in [6.45, 7) is 0. The minimum atomic E-state index is 0.900. The van der Waals surface area contributed by atoms with Crippen LogP contribution >= 0.6 is 11.3 Å². The van der Waals surface area contributed by atoms with Gasteiger partial charge in [0.1, 0.15) is 11.2 Å². The third-order valence-corrected chi connectivity index (χ3v) is 12.0. The largest absolute Gasteiger partial charge is 0.455 e. The smallest absolute Gasteiger partial charge is 0.143 e. The van der Waals surface area contributed by atoms with Gasteiger partial charge in [-0.25, -0.2) is 0 Å². The van der Waals surface area contributed by atoms with E-state index in [4.69, 9.17) is 4.42 Å². The van der Waals surface area contributed by atoms with Crippen molar-refractivity contribution in [1.82, 2.24) is 0 Å². The van der Waals surface area contributed by atoms with Gasteiger partial charge in [-0.05, 0) is 81.6 Å². The SMILES string of the molecule is c1ccc(-c2ccccc2N(c2ccc(-c3cccc4c3oc3cc(-c5ccccc5)c5ccccc5c34)cc2)c2ccc3sc4ccccc4c3c2)cc1. The molecular weight excluding hydrogens is 687 g/mol. The van der Waals surface area contributed by atoms with Crippen LogP contribution in [0.1, 0.15) is 0 Å². The fraction of sp³-hybridized carbons (Fsp3) is 0. The predicted octanol–water partition coefficient (Wildman–Crippen LogP) is 15.6. The summed E-state index contributed by atoms with van der Waals surface area (Å²) in [5, 5.41) is 7.28. The van der Waals surface area contributed by atoms with Crippen molar-refractivity contribution in [3.05, 3.63) is 200 Å². The molecule has 0 saturated carbocycles. The molecule has 55 heavy (non-hydrogen) atoms. The average molecular weight is 720 g/mol. The van der Waals surface area contributed by atoms with Crippen LogP contribution in [-0.2, 0) is 0 Å². The van der Waals surface area contributed by atoms with Gasteiger partial charge in [0, 0.05) is 53.4 Å². The highest BCUT2D eigenvalue weighted by molar-refractivity contribution is 7.25. The zero-order chi connectivity index (χ0) is 36.3. The molecular formula is C52H33NOS. The highest BCUT2D eigenvalue weighted by Crippen LogP contribution is 2.46. The highest BCUT2D eigenvalue weighted by Gasteiger charge is 2.20. The molecule has 0 radical (unpaired) electrons. The average Bonchev–Trinajstić information content (AvgIpc) is 3.83. The predicted molar refractivity (Wildman–Crippen MR) is 235 cm³/mol. The van der Waals surface area contributed by atoms with Gasteiger partial charge in [-0.2, -0.15) is 0 Å². The number of fused-ring (bicyclic) bond motifs is 8. The van der Waals surface area contributed by atoms with Crippen LogP contribution in [0.2, 0.25) is 0 Å². The van der Waals surface area contributed by atoms with Gasteiger partial charge in [0.05, 0.1) is 5.69 Å². The lowest BCUT2D eigenvalue weighted by molar-refractivity contribution is 0.670. The minimum absolute atomic E-state index is 0.900. The Kier molecular flexibility index (Phi) is 7.39. The summed E-state index contributed by atoms with van der Waals surface area (Å²) in [6.07, 6.45) is 0. The maximum atomic E-state index is 6.85. The van der Waals surface area contributed by atoms with Gasteiger partial charge >= 0.3 is 0 Å². The Hall–Kier alpha value is -6.94. The van der Waals surface area contributed by atoms with Crippen LogP contribution in [-0.4, -0.2) is 0 Å². The Labute approximate surface area is 322 Å². The molecule has 2 nitrogen and oxygen atoms in total. The van der Waals surface area contributed by atoms with E-state index in [1.54, 1.807) is 0 Å². The molecule has 0 unspecified atom stereocenters. The van der Waals surface area contributed by atoms with Gasteiger partial charge in [-0.1, -0.05) is 152 Å². The third-order valence-electron chi connectivity index (χ3n) is 10.9. The molecule has 0 spiro atoms. The zero-order valence-electron chi connectivity index (χ0n) is 29.8. The Morgan fingerprint density at radius 2 is 0.945 bits per heavy atom. The fourth-order valence-corrected chi connectivity index (χ4v) is 9.43. The summed E-state index contributed by atoms with van der Waals surface area (Å²) in [7, 11) is 0. The minimum Gasteiger partial charge on any atom is -0.455 e. The first kappa shape index (κ1) is 31.6. The lowest BCUT2D eigenvalue weighted by atomic mass is 9.94. The first-order valence-corrected chi connectivity index (χ1v) is 19.5. The topological polar surface area (TPSA) is 16.4 Å². The fourth-order valence-electron chi connectivity index (χ4n) is 8.35. The standard InChI is InChI=1S/C52H33NOS/c1-3-14-34(15-4-1)39-18-9-11-24-47(39)53(38-30-31-50-46(32-38)42-20-10-12-25-49(42)55-50)37-28-26-36(27-29-37)40-22-13-23-44-51-43-21-8-7-19-41(43)45(33-48(51)54-52(40)44)35-16-5-2-6-17-35/h1-33H. The van der Waals surface area contributed by atoms with E-state index < -0.39 is 0 Å². The number of hydrogen-bond donors (Lipinski definition) is 0. The second-order valence-electron chi connectivity index (χ2n) is 14.0. The third kappa shape index (κ3) is 5.24. The first-order valence-electron chi connectivity index (χ1n) is 18.7. The van der Waals surface area contributed by atoms with Gasteiger partial charge < -0.3 is 9.32 Å². The van der Waals surface area contributed by atoms with Crippen molar-refractivity contribution in [2.75, 3.05) is 4.90 Å². The molecule has 2 heterocycles. The molecule has 258 valence electrons. The molecule has 11 aromatic rings. The van der Waals surface area contributed by atoms with E-state index in [2.05, 4.69) is 205 Å². The summed E-state index contributed by atoms with van der Waals surface area (Å²) in [5.41, 5.74) is 12.0. The summed E-state index contributed by atoms with van der Waals surface area (Å²) in [6, 6.07) is 72.0. The lowest BCUT2D eigenvalue weighted by Crippen LogP contribution is -2.11. The van der Waals surface area contributed by atoms with Gasteiger partial charge in [-0.3, -0.25) is 0 Å². The maximum absolute atomic E-state index is 6.85. The highest BCUT2D eigenvalue weighted by atomic mass is 32.1. The van der Waals surface area contributed by atoms with E-state index in [-0.39, 0.29) is 0 Å². The van der Waals surface area contributed by atoms with Crippen molar-refractivity contribution in [3.8, 4) is 33.4 Å². The molecule has 0 N–H and O–H groups in total. The van der Waals surface area contributed by atoms with E-state index >= 15 is 0 Å². The number of para-hydroxylation sites is 2. The normalized spacial score (nSPS) is 11.6. The van der Waals surface area contributed by atoms with Crippen molar-refractivity contribution in [1.29, 1.82) is 0 Å². The molecule has 0 atom stereocenters. The molecule has 0 bridgehead atoms. The monoisotopic (exact) mass is 719 g/mol. The number of rotatable bonds is 6. The van der Waals surface area contributed by atoms with Crippen molar-refractivity contribution < 1.29 is 4.42 Å². The van der Waals surface area contributed by atoms with Gasteiger partial charge in [0.2, 0.25) is 0 Å². The molecule has 9 aromatic carbocycles. The second-order valence-corrected chi connectivity index (χ2v) is 15.1. The second kappa shape index (κ2) is 12.9. The van der Waals surface area contributed by atoms with E-state index in [1.807, 2.05) is 11.3 Å². The first-order chi connectivity index (χ1) is 27.3. The van der Waals surface area contributed by atoms with Gasteiger partial charge in [-0.15, -0.1) is 11.3 Å². The van der Waals surface area contributed by atoms with E-state index in [0.29, 0.717) is 0 Å². The van der Waals surface area contributed by atoms with Crippen LogP contribution in [0.4, 0.5) is 17.1 Å². The van der Waals surface area contributed by atoms with E-state index in [0.717, 1.165) is 50.1 Å². The van der Waals surface area contributed by atoms with Gasteiger partial charge in [0.25, 0.3) is 0 Å². The van der Waals surface area contributed by atoms with Crippen molar-refractivity contribution in [2.24, 2.45) is 0 Å². The molecule has 3 heteroatoms. The molecule has 0 aliphatic carbocycles. The van der Waals surface area contributed by atoms with Crippen molar-refractivity contribution in [3.63, 3.8) is 0 Å². The molecule has 0 amide bonds. The number of furan rings is 1. The number of nitrogens with zero attached hydrogens (tertiary/aromatic N) is 1. The van der Waals surface area contributed by atoms with E-state index in [9.17, 15) is 0 Å². The number of anilines is 3. The Balaban J connectivity index is 1.08. The molecule has 0 fully saturated rings. The number of benzene rings is 9. The van der Waals surface area contributed by atoms with Crippen LogP contribution in [0.3, 0.4) is 0 Å². The maximum Gasteiger partial charge on any atom is 0.143 e. The van der Waals surface area contributed by atoms with Crippen molar-refractivity contribution in [2.45, 2.75) is 0 Å². The summed E-state index contributed by atoms with van der Waals surface area (Å²) in [5.74, 6) is 0. The molecule has 0 aliphatic heterocycles. The summed E-state index contributed by atoms with van der Waals surface area (Å²) in [4.78, 5) is 2.40. The van der Waals surface area contributed by atoms with Crippen LogP contribution in [0.15, 0.2) is 205 Å². The van der Waals surface area contributed by atoms with Crippen LogP contribution < -0.4 is 4.90 Å².